The van der Waals surface area contributed by atoms with E-state index in [9.17, 15) is 4.39 Å². The zero-order valence-electron chi connectivity index (χ0n) is 9.80. The molecule has 0 radical (unpaired) electrons. The molecule has 1 unspecified atom stereocenters. The van der Waals surface area contributed by atoms with Gasteiger partial charge in [-0.05, 0) is 18.2 Å². The lowest BCUT2D eigenvalue weighted by molar-refractivity contribution is 0.497. The third-order valence-corrected chi connectivity index (χ3v) is 2.87. The molecule has 3 rings (SSSR count). The van der Waals surface area contributed by atoms with Crippen molar-refractivity contribution in [3.05, 3.63) is 53.8 Å². The highest BCUT2D eigenvalue weighted by atomic mass is 19.1. The summed E-state index contributed by atoms with van der Waals surface area (Å²) in [6.45, 7) is 0. The van der Waals surface area contributed by atoms with Gasteiger partial charge in [-0.25, -0.2) is 4.39 Å². The molecule has 1 aromatic carbocycles. The summed E-state index contributed by atoms with van der Waals surface area (Å²) in [6.07, 6.45) is 1.80. The molecule has 0 aliphatic heterocycles. The van der Waals surface area contributed by atoms with Gasteiger partial charge in [-0.3, -0.25) is 4.68 Å². The highest BCUT2D eigenvalue weighted by molar-refractivity contribution is 5.78. The number of para-hydroxylation sites is 1. The maximum absolute atomic E-state index is 13.5. The van der Waals surface area contributed by atoms with E-state index < -0.39 is 6.04 Å². The Balaban J connectivity index is 2.06. The summed E-state index contributed by atoms with van der Waals surface area (Å²) in [6, 6.07) is 7.87. The van der Waals surface area contributed by atoms with Crippen LogP contribution in [-0.4, -0.2) is 9.78 Å². The molecule has 92 valence electrons. The molecule has 0 saturated carbocycles. The predicted molar refractivity (Wildman–Crippen MR) is 65.4 cm³/mol. The Morgan fingerprint density at radius 1 is 1.39 bits per heavy atom. The SMILES string of the molecule is Cn1ccc(C(N)c2cc3cccc(F)c3o2)n1. The van der Waals surface area contributed by atoms with Crippen LogP contribution in [0.1, 0.15) is 17.5 Å². The number of hydrogen-bond donors (Lipinski definition) is 1. The van der Waals surface area contributed by atoms with Gasteiger partial charge in [-0.1, -0.05) is 12.1 Å². The molecule has 0 aliphatic carbocycles. The third-order valence-electron chi connectivity index (χ3n) is 2.87. The van der Waals surface area contributed by atoms with Gasteiger partial charge >= 0.3 is 0 Å². The summed E-state index contributed by atoms with van der Waals surface area (Å²) in [5.74, 6) is 0.126. The van der Waals surface area contributed by atoms with Crippen LogP contribution in [0.2, 0.25) is 0 Å². The smallest absolute Gasteiger partial charge is 0.169 e. The number of nitrogens with zero attached hydrogens (tertiary/aromatic N) is 2. The molecule has 4 nitrogen and oxygen atoms in total. The van der Waals surface area contributed by atoms with Gasteiger partial charge in [-0.15, -0.1) is 0 Å². The minimum Gasteiger partial charge on any atom is -0.456 e. The molecule has 2 N–H and O–H groups in total. The van der Waals surface area contributed by atoms with Crippen LogP contribution < -0.4 is 5.73 Å². The Bertz CT molecular complexity index is 701. The van der Waals surface area contributed by atoms with Gasteiger partial charge in [0.05, 0.1) is 5.69 Å². The lowest BCUT2D eigenvalue weighted by Crippen LogP contribution is -2.11. The molecule has 1 atom stereocenters. The number of nitrogens with two attached hydrogens (primary N) is 1. The maximum atomic E-state index is 13.5. The van der Waals surface area contributed by atoms with Crippen LogP contribution in [0.3, 0.4) is 0 Å². The largest absolute Gasteiger partial charge is 0.456 e. The number of fused-ring (bicyclic) bond motifs is 1. The number of furan rings is 1. The van der Waals surface area contributed by atoms with Crippen LogP contribution in [0.25, 0.3) is 11.0 Å². The molecule has 0 spiro atoms. The molecule has 0 saturated heterocycles. The fourth-order valence-electron chi connectivity index (χ4n) is 1.95. The molecule has 2 aromatic heterocycles. The monoisotopic (exact) mass is 245 g/mol. The molecule has 3 aromatic rings. The van der Waals surface area contributed by atoms with Gasteiger partial charge in [0.2, 0.25) is 0 Å². The van der Waals surface area contributed by atoms with Crippen molar-refractivity contribution >= 4 is 11.0 Å². The van der Waals surface area contributed by atoms with E-state index in [1.54, 1.807) is 29.1 Å². The topological polar surface area (TPSA) is 57.0 Å². The molecule has 0 bridgehead atoms. The van der Waals surface area contributed by atoms with Crippen molar-refractivity contribution in [2.75, 3.05) is 0 Å². The predicted octanol–water partition coefficient (Wildman–Crippen LogP) is 2.35. The highest BCUT2D eigenvalue weighted by Gasteiger charge is 2.17. The van der Waals surface area contributed by atoms with Gasteiger partial charge in [0.1, 0.15) is 11.8 Å². The Labute approximate surface area is 103 Å². The summed E-state index contributed by atoms with van der Waals surface area (Å²) in [7, 11) is 1.81. The van der Waals surface area contributed by atoms with Gasteiger partial charge < -0.3 is 10.2 Å². The molecule has 0 aliphatic rings. The molecular weight excluding hydrogens is 233 g/mol. The zero-order chi connectivity index (χ0) is 12.7. The first-order valence-corrected chi connectivity index (χ1v) is 5.58. The third kappa shape index (κ3) is 1.69. The maximum Gasteiger partial charge on any atom is 0.169 e. The van der Waals surface area contributed by atoms with Crippen LogP contribution in [-0.2, 0) is 7.05 Å². The number of aryl methyl sites for hydroxylation is 1. The first-order chi connectivity index (χ1) is 8.65. The van der Waals surface area contributed by atoms with E-state index in [0.29, 0.717) is 16.8 Å². The van der Waals surface area contributed by atoms with Crippen molar-refractivity contribution in [1.82, 2.24) is 9.78 Å². The second kappa shape index (κ2) is 3.96. The minimum atomic E-state index is -0.488. The van der Waals surface area contributed by atoms with Crippen molar-refractivity contribution in [2.24, 2.45) is 12.8 Å². The first-order valence-electron chi connectivity index (χ1n) is 5.58. The lowest BCUT2D eigenvalue weighted by Gasteiger charge is -2.03. The van der Waals surface area contributed by atoms with Crippen molar-refractivity contribution in [1.29, 1.82) is 0 Å². The number of halogens is 1. The van der Waals surface area contributed by atoms with E-state index in [-0.39, 0.29) is 11.4 Å². The molecule has 5 heteroatoms. The fraction of sp³-hybridized carbons (Fsp3) is 0.154. The summed E-state index contributed by atoms with van der Waals surface area (Å²) in [4.78, 5) is 0. The summed E-state index contributed by atoms with van der Waals surface area (Å²) >= 11 is 0. The van der Waals surface area contributed by atoms with E-state index in [1.165, 1.54) is 6.07 Å². The number of benzene rings is 1. The van der Waals surface area contributed by atoms with Crippen molar-refractivity contribution < 1.29 is 8.81 Å². The van der Waals surface area contributed by atoms with Crippen LogP contribution in [0.15, 0.2) is 40.9 Å². The molecule has 0 amide bonds. The van der Waals surface area contributed by atoms with Crippen molar-refractivity contribution in [3.8, 4) is 0 Å². The molecule has 18 heavy (non-hydrogen) atoms. The summed E-state index contributed by atoms with van der Waals surface area (Å²) in [5.41, 5.74) is 6.98. The first kappa shape index (κ1) is 11.0. The standard InChI is InChI=1S/C13H12FN3O/c1-17-6-5-10(16-17)12(15)11-7-8-3-2-4-9(14)13(8)18-11/h2-7,12H,15H2,1H3. The van der Waals surface area contributed by atoms with Gasteiger partial charge in [-0.2, -0.15) is 5.10 Å². The second-order valence-corrected chi connectivity index (χ2v) is 4.20. The molecule has 2 heterocycles. The Morgan fingerprint density at radius 3 is 2.89 bits per heavy atom. The Kier molecular flexibility index (Phi) is 2.41. The van der Waals surface area contributed by atoms with Gasteiger partial charge in [0, 0.05) is 18.6 Å². The summed E-state index contributed by atoms with van der Waals surface area (Å²) in [5, 5.41) is 4.92. The molecule has 0 fully saturated rings. The van der Waals surface area contributed by atoms with Gasteiger partial charge in [0.25, 0.3) is 0 Å². The average Bonchev–Trinajstić information content (AvgIpc) is 2.95. The van der Waals surface area contributed by atoms with Crippen LogP contribution in [0.5, 0.6) is 0 Å². The van der Waals surface area contributed by atoms with Crippen molar-refractivity contribution in [2.45, 2.75) is 6.04 Å². The van der Waals surface area contributed by atoms with Crippen molar-refractivity contribution in [3.63, 3.8) is 0 Å². The average molecular weight is 245 g/mol. The van der Waals surface area contributed by atoms with Crippen LogP contribution in [0, 0.1) is 5.82 Å². The van der Waals surface area contributed by atoms with E-state index in [1.807, 2.05) is 13.1 Å². The van der Waals surface area contributed by atoms with E-state index in [2.05, 4.69) is 5.10 Å². The van der Waals surface area contributed by atoms with E-state index in [4.69, 9.17) is 10.2 Å². The highest BCUT2D eigenvalue weighted by Crippen LogP contribution is 2.27. The Hall–Kier alpha value is -2.14. The fourth-order valence-corrected chi connectivity index (χ4v) is 1.95. The number of aromatic nitrogens is 2. The van der Waals surface area contributed by atoms with Crippen LogP contribution >= 0.6 is 0 Å². The zero-order valence-corrected chi connectivity index (χ0v) is 9.80. The van der Waals surface area contributed by atoms with E-state index >= 15 is 0 Å². The van der Waals surface area contributed by atoms with E-state index in [0.717, 1.165) is 0 Å². The minimum absolute atomic E-state index is 0.235. The van der Waals surface area contributed by atoms with Gasteiger partial charge in [0.15, 0.2) is 11.4 Å². The summed E-state index contributed by atoms with van der Waals surface area (Å²) < 4.78 is 20.7. The van der Waals surface area contributed by atoms with Crippen LogP contribution in [0.4, 0.5) is 4.39 Å². The number of rotatable bonds is 2. The molecular formula is C13H12FN3O. The second-order valence-electron chi connectivity index (χ2n) is 4.20. The number of hydrogen-bond acceptors (Lipinski definition) is 3. The lowest BCUT2D eigenvalue weighted by atomic mass is 10.1. The normalized spacial score (nSPS) is 13.1. The quantitative estimate of drug-likeness (QED) is 0.754. The Morgan fingerprint density at radius 2 is 2.22 bits per heavy atom.